The van der Waals surface area contributed by atoms with Gasteiger partial charge < -0.3 is 10.2 Å². The summed E-state index contributed by atoms with van der Waals surface area (Å²) in [5.41, 5.74) is 1.54. The Morgan fingerprint density at radius 3 is 3.29 bits per heavy atom. The number of fused-ring (bicyclic) bond motifs is 4. The second-order valence-electron chi connectivity index (χ2n) is 4.50. The van der Waals surface area contributed by atoms with E-state index in [1.54, 1.807) is 0 Å². The largest absolute Gasteiger partial charge is 0.370 e. The first-order chi connectivity index (χ1) is 6.84. The fraction of sp³-hybridized carbons (Fsp3) is 0.636. The van der Waals surface area contributed by atoms with Gasteiger partial charge in [-0.05, 0) is 40.9 Å². The monoisotopic (exact) mass is 254 g/mol. The number of allylic oxidation sites excluding steroid dienone is 2. The van der Waals surface area contributed by atoms with Crippen LogP contribution in [0.4, 0.5) is 0 Å². The fourth-order valence-electron chi connectivity index (χ4n) is 2.93. The Morgan fingerprint density at radius 1 is 1.43 bits per heavy atom. The molecule has 3 aliphatic rings. The van der Waals surface area contributed by atoms with Gasteiger partial charge in [0.1, 0.15) is 0 Å². The van der Waals surface area contributed by atoms with Crippen molar-refractivity contribution in [1.29, 1.82) is 0 Å². The van der Waals surface area contributed by atoms with Crippen molar-refractivity contribution in [2.45, 2.75) is 6.42 Å². The number of nitrogens with zero attached hydrogens (tertiary/aromatic N) is 1. The fourth-order valence-corrected chi connectivity index (χ4v) is 3.70. The number of hydrogen-bond acceptors (Lipinski definition) is 2. The molecular formula is C11H15BrN2. The maximum absolute atomic E-state index is 3.68. The first-order valence-electron chi connectivity index (χ1n) is 5.36. The molecular weight excluding hydrogens is 240 g/mol. The summed E-state index contributed by atoms with van der Waals surface area (Å²) >= 11 is 3.68. The third kappa shape index (κ3) is 1.34. The molecule has 0 aromatic carbocycles. The van der Waals surface area contributed by atoms with E-state index < -0.39 is 0 Å². The van der Waals surface area contributed by atoms with Gasteiger partial charge in [0.25, 0.3) is 0 Å². The number of rotatable bonds is 0. The van der Waals surface area contributed by atoms with Gasteiger partial charge in [-0.3, -0.25) is 0 Å². The summed E-state index contributed by atoms with van der Waals surface area (Å²) in [6.07, 6.45) is 5.84. The van der Waals surface area contributed by atoms with E-state index in [1.807, 2.05) is 0 Å². The van der Waals surface area contributed by atoms with Crippen LogP contribution in [0.15, 0.2) is 22.3 Å². The van der Waals surface area contributed by atoms with Crippen LogP contribution in [0.25, 0.3) is 0 Å². The highest BCUT2D eigenvalue weighted by Crippen LogP contribution is 2.37. The van der Waals surface area contributed by atoms with Gasteiger partial charge in [0.15, 0.2) is 0 Å². The summed E-state index contributed by atoms with van der Waals surface area (Å²) in [6.45, 7) is 4.71. The Bertz CT molecular complexity index is 308. The van der Waals surface area contributed by atoms with Crippen LogP contribution >= 0.6 is 15.9 Å². The molecule has 2 fully saturated rings. The van der Waals surface area contributed by atoms with Crippen molar-refractivity contribution in [2.75, 3.05) is 26.2 Å². The molecule has 3 aliphatic heterocycles. The topological polar surface area (TPSA) is 15.3 Å². The lowest BCUT2D eigenvalue weighted by Gasteiger charge is -2.46. The van der Waals surface area contributed by atoms with E-state index in [9.17, 15) is 0 Å². The Morgan fingerprint density at radius 2 is 2.36 bits per heavy atom. The molecule has 2 unspecified atom stereocenters. The smallest absolute Gasteiger partial charge is 0.0367 e. The lowest BCUT2D eigenvalue weighted by atomic mass is 9.82. The predicted octanol–water partition coefficient (Wildman–Crippen LogP) is 1.70. The van der Waals surface area contributed by atoms with E-state index >= 15 is 0 Å². The van der Waals surface area contributed by atoms with Gasteiger partial charge in [0.05, 0.1) is 0 Å². The summed E-state index contributed by atoms with van der Waals surface area (Å²) in [7, 11) is 0. The molecule has 0 spiro atoms. The van der Waals surface area contributed by atoms with Gasteiger partial charge in [-0.15, -0.1) is 0 Å². The average Bonchev–Trinajstić information content (AvgIpc) is 2.17. The highest BCUT2D eigenvalue weighted by molar-refractivity contribution is 9.11. The predicted molar refractivity (Wildman–Crippen MR) is 61.1 cm³/mol. The van der Waals surface area contributed by atoms with E-state index in [0.717, 1.165) is 24.9 Å². The maximum atomic E-state index is 3.68. The van der Waals surface area contributed by atoms with Crippen molar-refractivity contribution >= 4 is 15.9 Å². The second kappa shape index (κ2) is 3.38. The second-order valence-corrected chi connectivity index (χ2v) is 5.35. The number of piperidine rings is 2. The molecule has 76 valence electrons. The summed E-state index contributed by atoms with van der Waals surface area (Å²) in [4.78, 5) is 2.55. The van der Waals surface area contributed by atoms with Gasteiger partial charge in [0, 0.05) is 35.7 Å². The lowest BCUT2D eigenvalue weighted by molar-refractivity contribution is 0.156. The van der Waals surface area contributed by atoms with E-state index in [4.69, 9.17) is 0 Å². The van der Waals surface area contributed by atoms with Crippen LogP contribution < -0.4 is 5.32 Å². The molecule has 0 amide bonds. The summed E-state index contributed by atoms with van der Waals surface area (Å²) in [5.74, 6) is 1.60. The highest BCUT2D eigenvalue weighted by atomic mass is 79.9. The lowest BCUT2D eigenvalue weighted by Crippen LogP contribution is -2.50. The summed E-state index contributed by atoms with van der Waals surface area (Å²) < 4.78 is 1.30. The Labute approximate surface area is 93.2 Å². The molecule has 14 heavy (non-hydrogen) atoms. The number of hydrogen-bond donors (Lipinski definition) is 1. The Hall–Kier alpha value is -0.280. The highest BCUT2D eigenvalue weighted by Gasteiger charge is 2.35. The molecule has 0 aromatic heterocycles. The molecule has 0 aliphatic carbocycles. The van der Waals surface area contributed by atoms with Crippen LogP contribution in [0.3, 0.4) is 0 Å². The molecule has 2 nitrogen and oxygen atoms in total. The van der Waals surface area contributed by atoms with Crippen molar-refractivity contribution < 1.29 is 0 Å². The van der Waals surface area contributed by atoms with Gasteiger partial charge in [-0.2, -0.15) is 0 Å². The van der Waals surface area contributed by atoms with E-state index in [1.165, 1.54) is 29.7 Å². The molecule has 2 bridgehead atoms. The van der Waals surface area contributed by atoms with Gasteiger partial charge >= 0.3 is 0 Å². The number of halogens is 1. The van der Waals surface area contributed by atoms with Crippen molar-refractivity contribution in [2.24, 2.45) is 11.8 Å². The molecule has 0 saturated carbocycles. The molecule has 2 atom stereocenters. The van der Waals surface area contributed by atoms with Crippen molar-refractivity contribution in [1.82, 2.24) is 10.2 Å². The van der Waals surface area contributed by atoms with Crippen molar-refractivity contribution in [3.05, 3.63) is 22.3 Å². The van der Waals surface area contributed by atoms with E-state index in [2.05, 4.69) is 38.3 Å². The molecule has 0 aromatic rings. The van der Waals surface area contributed by atoms with E-state index in [-0.39, 0.29) is 0 Å². The Kier molecular flexibility index (Phi) is 2.17. The van der Waals surface area contributed by atoms with Crippen LogP contribution in [0.2, 0.25) is 0 Å². The van der Waals surface area contributed by atoms with Crippen molar-refractivity contribution in [3.63, 3.8) is 0 Å². The van der Waals surface area contributed by atoms with Crippen LogP contribution in [-0.2, 0) is 0 Å². The third-order valence-electron chi connectivity index (χ3n) is 3.48. The van der Waals surface area contributed by atoms with Crippen LogP contribution in [0.1, 0.15) is 6.42 Å². The zero-order valence-electron chi connectivity index (χ0n) is 8.17. The maximum Gasteiger partial charge on any atom is 0.0367 e. The van der Waals surface area contributed by atoms with Gasteiger partial charge in [0.2, 0.25) is 0 Å². The minimum atomic E-state index is 0.738. The molecule has 3 heteroatoms. The number of nitrogens with one attached hydrogen (secondary N) is 1. The molecule has 3 rings (SSSR count). The zero-order chi connectivity index (χ0) is 9.54. The Balaban J connectivity index is 1.96. The average molecular weight is 255 g/mol. The van der Waals surface area contributed by atoms with Crippen LogP contribution in [-0.4, -0.2) is 31.1 Å². The first kappa shape index (κ1) is 8.98. The molecule has 1 N–H and O–H groups in total. The zero-order valence-corrected chi connectivity index (χ0v) is 9.76. The minimum Gasteiger partial charge on any atom is -0.370 e. The van der Waals surface area contributed by atoms with Crippen LogP contribution in [0, 0.1) is 11.8 Å². The first-order valence-corrected chi connectivity index (χ1v) is 6.16. The van der Waals surface area contributed by atoms with E-state index in [0.29, 0.717) is 0 Å². The standard InChI is InChI=1S/C11H15BrN2/c12-10-2-1-3-14-7-8-4-9(11(10)14)6-13-5-8/h1-2,8-9,13H,3-7H2. The summed E-state index contributed by atoms with van der Waals surface area (Å²) in [6, 6.07) is 0. The third-order valence-corrected chi connectivity index (χ3v) is 4.15. The van der Waals surface area contributed by atoms with Crippen LogP contribution in [0.5, 0.6) is 0 Å². The summed E-state index contributed by atoms with van der Waals surface area (Å²) in [5, 5.41) is 3.53. The molecule has 2 saturated heterocycles. The molecule has 0 radical (unpaired) electrons. The molecule has 3 heterocycles. The quantitative estimate of drug-likeness (QED) is 0.708. The van der Waals surface area contributed by atoms with Gasteiger partial charge in [-0.1, -0.05) is 6.08 Å². The SMILES string of the molecule is BrC1=C2C3CNCC(C3)CN2CC=C1. The normalized spacial score (nSPS) is 35.9. The van der Waals surface area contributed by atoms with Crippen molar-refractivity contribution in [3.8, 4) is 0 Å². The minimum absolute atomic E-state index is 0.738. The van der Waals surface area contributed by atoms with Gasteiger partial charge in [-0.25, -0.2) is 0 Å².